The molecule has 1 fully saturated rings. The summed E-state index contributed by atoms with van der Waals surface area (Å²) in [6.07, 6.45) is 0. The second-order valence-corrected chi connectivity index (χ2v) is 4.10. The van der Waals surface area contributed by atoms with Gasteiger partial charge in [0.2, 0.25) is 0 Å². The Balaban J connectivity index is 2.07. The molecule has 0 aliphatic carbocycles. The minimum atomic E-state index is -0.0389. The van der Waals surface area contributed by atoms with Gasteiger partial charge in [0.05, 0.1) is 24.8 Å². The SMILES string of the molecule is CN(C(=O)N1CCOCC1)c1ccc(C#N)cc1. The summed E-state index contributed by atoms with van der Waals surface area (Å²) in [5, 5.41) is 8.73. The number of urea groups is 1. The maximum absolute atomic E-state index is 12.2. The molecule has 5 nitrogen and oxygen atoms in total. The summed E-state index contributed by atoms with van der Waals surface area (Å²) < 4.78 is 5.22. The second kappa shape index (κ2) is 5.52. The molecule has 1 saturated heterocycles. The summed E-state index contributed by atoms with van der Waals surface area (Å²) in [6, 6.07) is 8.98. The topological polar surface area (TPSA) is 56.6 Å². The van der Waals surface area contributed by atoms with E-state index in [9.17, 15) is 4.79 Å². The summed E-state index contributed by atoms with van der Waals surface area (Å²) in [6.45, 7) is 2.43. The number of carbonyl (C=O) groups is 1. The minimum absolute atomic E-state index is 0.0389. The second-order valence-electron chi connectivity index (χ2n) is 4.10. The first-order valence-corrected chi connectivity index (χ1v) is 5.83. The van der Waals surface area contributed by atoms with Gasteiger partial charge in [-0.2, -0.15) is 5.26 Å². The van der Waals surface area contributed by atoms with Crippen LogP contribution in [0.3, 0.4) is 0 Å². The Morgan fingerprint density at radius 1 is 1.33 bits per heavy atom. The van der Waals surface area contributed by atoms with E-state index < -0.39 is 0 Å². The molecular weight excluding hydrogens is 230 g/mol. The van der Waals surface area contributed by atoms with Gasteiger partial charge in [-0.05, 0) is 24.3 Å². The van der Waals surface area contributed by atoms with Gasteiger partial charge in [0.15, 0.2) is 0 Å². The van der Waals surface area contributed by atoms with Crippen LogP contribution in [0.4, 0.5) is 10.5 Å². The molecule has 0 saturated carbocycles. The third-order valence-electron chi connectivity index (χ3n) is 2.95. The number of amides is 2. The fourth-order valence-electron chi connectivity index (χ4n) is 1.84. The van der Waals surface area contributed by atoms with Gasteiger partial charge in [-0.1, -0.05) is 0 Å². The van der Waals surface area contributed by atoms with E-state index in [2.05, 4.69) is 6.07 Å². The Bertz CT molecular complexity index is 458. The van der Waals surface area contributed by atoms with E-state index in [-0.39, 0.29) is 6.03 Å². The van der Waals surface area contributed by atoms with Crippen LogP contribution in [0.2, 0.25) is 0 Å². The lowest BCUT2D eigenvalue weighted by Gasteiger charge is -2.31. The highest BCUT2D eigenvalue weighted by atomic mass is 16.5. The fraction of sp³-hybridized carbons (Fsp3) is 0.385. The number of hydrogen-bond acceptors (Lipinski definition) is 3. The lowest BCUT2D eigenvalue weighted by Crippen LogP contribution is -2.47. The standard InChI is InChI=1S/C13H15N3O2/c1-15(12-4-2-11(10-14)3-5-12)13(17)16-6-8-18-9-7-16/h2-5H,6-9H2,1H3. The van der Waals surface area contributed by atoms with E-state index in [1.807, 2.05) is 0 Å². The molecule has 1 aliphatic rings. The zero-order chi connectivity index (χ0) is 13.0. The molecule has 0 spiro atoms. The molecule has 2 rings (SSSR count). The summed E-state index contributed by atoms with van der Waals surface area (Å²) in [7, 11) is 1.74. The lowest BCUT2D eigenvalue weighted by atomic mass is 10.2. The summed E-state index contributed by atoms with van der Waals surface area (Å²) in [5.74, 6) is 0. The first-order chi connectivity index (χ1) is 8.72. The van der Waals surface area contributed by atoms with Crippen molar-refractivity contribution in [2.24, 2.45) is 0 Å². The molecule has 94 valence electrons. The van der Waals surface area contributed by atoms with E-state index in [1.165, 1.54) is 0 Å². The Morgan fingerprint density at radius 3 is 2.50 bits per heavy atom. The third kappa shape index (κ3) is 2.60. The van der Waals surface area contributed by atoms with Gasteiger partial charge in [0, 0.05) is 25.8 Å². The average molecular weight is 245 g/mol. The van der Waals surface area contributed by atoms with Crippen molar-refractivity contribution in [1.82, 2.24) is 4.90 Å². The Labute approximate surface area is 106 Å². The molecule has 5 heteroatoms. The van der Waals surface area contributed by atoms with Crippen molar-refractivity contribution in [3.8, 4) is 6.07 Å². The third-order valence-corrected chi connectivity index (χ3v) is 2.95. The zero-order valence-corrected chi connectivity index (χ0v) is 10.3. The number of nitrogens with zero attached hydrogens (tertiary/aromatic N) is 3. The van der Waals surface area contributed by atoms with E-state index >= 15 is 0 Å². The van der Waals surface area contributed by atoms with Crippen molar-refractivity contribution >= 4 is 11.7 Å². The molecule has 0 unspecified atom stereocenters. The van der Waals surface area contributed by atoms with Crippen LogP contribution in [0.5, 0.6) is 0 Å². The van der Waals surface area contributed by atoms with Crippen LogP contribution in [-0.4, -0.2) is 44.3 Å². The van der Waals surface area contributed by atoms with Crippen molar-refractivity contribution < 1.29 is 9.53 Å². The van der Waals surface area contributed by atoms with Crippen molar-refractivity contribution in [3.63, 3.8) is 0 Å². The number of morpholine rings is 1. The average Bonchev–Trinajstić information content (AvgIpc) is 2.47. The smallest absolute Gasteiger partial charge is 0.324 e. The number of rotatable bonds is 1. The molecule has 0 radical (unpaired) electrons. The highest BCUT2D eigenvalue weighted by molar-refractivity contribution is 5.91. The van der Waals surface area contributed by atoms with E-state index in [0.29, 0.717) is 31.9 Å². The van der Waals surface area contributed by atoms with Crippen molar-refractivity contribution in [1.29, 1.82) is 5.26 Å². The molecule has 1 heterocycles. The molecule has 0 atom stereocenters. The minimum Gasteiger partial charge on any atom is -0.378 e. The summed E-state index contributed by atoms with van der Waals surface area (Å²) >= 11 is 0. The normalized spacial score (nSPS) is 15.0. The molecule has 1 aliphatic heterocycles. The van der Waals surface area contributed by atoms with Crippen LogP contribution >= 0.6 is 0 Å². The predicted octanol–water partition coefficient (Wildman–Crippen LogP) is 1.45. The number of nitriles is 1. The van der Waals surface area contributed by atoms with Crippen molar-refractivity contribution in [2.45, 2.75) is 0 Å². The molecular formula is C13H15N3O2. The number of ether oxygens (including phenoxy) is 1. The van der Waals surface area contributed by atoms with Gasteiger partial charge in [-0.3, -0.25) is 4.90 Å². The monoisotopic (exact) mass is 245 g/mol. The zero-order valence-electron chi connectivity index (χ0n) is 10.3. The lowest BCUT2D eigenvalue weighted by molar-refractivity contribution is 0.0551. The summed E-state index contributed by atoms with van der Waals surface area (Å²) in [5.41, 5.74) is 1.37. The largest absolute Gasteiger partial charge is 0.378 e. The fourth-order valence-corrected chi connectivity index (χ4v) is 1.84. The quantitative estimate of drug-likeness (QED) is 0.752. The van der Waals surface area contributed by atoms with Gasteiger partial charge in [0.1, 0.15) is 0 Å². The van der Waals surface area contributed by atoms with Crippen molar-refractivity contribution in [2.75, 3.05) is 38.3 Å². The van der Waals surface area contributed by atoms with Crippen LogP contribution in [0, 0.1) is 11.3 Å². The number of hydrogen-bond donors (Lipinski definition) is 0. The number of anilines is 1. The van der Waals surface area contributed by atoms with E-state index in [0.717, 1.165) is 5.69 Å². The van der Waals surface area contributed by atoms with Crippen LogP contribution in [0.15, 0.2) is 24.3 Å². The van der Waals surface area contributed by atoms with Crippen LogP contribution in [-0.2, 0) is 4.74 Å². The molecule has 1 aromatic rings. The van der Waals surface area contributed by atoms with Crippen LogP contribution in [0.1, 0.15) is 5.56 Å². The molecule has 0 N–H and O–H groups in total. The predicted molar refractivity (Wildman–Crippen MR) is 67.3 cm³/mol. The van der Waals surface area contributed by atoms with Gasteiger partial charge in [-0.25, -0.2) is 4.79 Å². The number of carbonyl (C=O) groups excluding carboxylic acids is 1. The molecule has 0 aromatic heterocycles. The van der Waals surface area contributed by atoms with Gasteiger partial charge < -0.3 is 9.64 Å². The highest BCUT2D eigenvalue weighted by Gasteiger charge is 2.21. The van der Waals surface area contributed by atoms with Crippen molar-refractivity contribution in [3.05, 3.63) is 29.8 Å². The maximum Gasteiger partial charge on any atom is 0.324 e. The maximum atomic E-state index is 12.2. The van der Waals surface area contributed by atoms with Crippen LogP contribution < -0.4 is 4.90 Å². The molecule has 2 amide bonds. The Kier molecular flexibility index (Phi) is 3.80. The van der Waals surface area contributed by atoms with Gasteiger partial charge in [0.25, 0.3) is 0 Å². The Hall–Kier alpha value is -2.06. The first-order valence-electron chi connectivity index (χ1n) is 5.83. The highest BCUT2D eigenvalue weighted by Crippen LogP contribution is 2.15. The van der Waals surface area contributed by atoms with Gasteiger partial charge >= 0.3 is 6.03 Å². The van der Waals surface area contributed by atoms with E-state index in [1.54, 1.807) is 41.1 Å². The van der Waals surface area contributed by atoms with E-state index in [4.69, 9.17) is 10.00 Å². The molecule has 1 aromatic carbocycles. The molecule has 18 heavy (non-hydrogen) atoms. The Morgan fingerprint density at radius 2 is 1.94 bits per heavy atom. The first kappa shape index (κ1) is 12.4. The number of benzene rings is 1. The summed E-state index contributed by atoms with van der Waals surface area (Å²) in [4.78, 5) is 15.5. The molecule has 0 bridgehead atoms. The van der Waals surface area contributed by atoms with Crippen LogP contribution in [0.25, 0.3) is 0 Å². The van der Waals surface area contributed by atoms with Gasteiger partial charge in [-0.15, -0.1) is 0 Å².